The van der Waals surface area contributed by atoms with Crippen molar-refractivity contribution in [2.75, 3.05) is 0 Å². The van der Waals surface area contributed by atoms with Crippen molar-refractivity contribution >= 4 is 5.91 Å². The lowest BCUT2D eigenvalue weighted by molar-refractivity contribution is -0.120. The Kier molecular flexibility index (Phi) is 1.64. The van der Waals surface area contributed by atoms with Crippen molar-refractivity contribution in [3.05, 3.63) is 11.8 Å². The molecule has 0 aromatic rings. The van der Waals surface area contributed by atoms with Crippen molar-refractivity contribution in [2.45, 2.75) is 31.7 Å². The molecular formula is C11H15NO2. The van der Waals surface area contributed by atoms with Crippen molar-refractivity contribution in [2.24, 2.45) is 17.8 Å². The molecule has 2 bridgehead atoms. The monoisotopic (exact) mass is 193 g/mol. The molecule has 3 heteroatoms. The number of fused-ring (bicyclic) bond motifs is 2. The second-order valence-electron chi connectivity index (χ2n) is 4.80. The fraction of sp³-hybridized carbons (Fsp3) is 0.727. The van der Waals surface area contributed by atoms with Gasteiger partial charge in [-0.25, -0.2) is 0 Å². The van der Waals surface area contributed by atoms with Crippen LogP contribution in [-0.2, 0) is 4.79 Å². The van der Waals surface area contributed by atoms with Gasteiger partial charge < -0.3 is 10.4 Å². The summed E-state index contributed by atoms with van der Waals surface area (Å²) in [6.07, 6.45) is 6.25. The van der Waals surface area contributed by atoms with Crippen LogP contribution in [0.25, 0.3) is 0 Å². The number of carbonyl (C=O) groups excluding carboxylic acids is 1. The van der Waals surface area contributed by atoms with Gasteiger partial charge in [0.2, 0.25) is 5.91 Å². The first kappa shape index (κ1) is 8.33. The van der Waals surface area contributed by atoms with Crippen LogP contribution >= 0.6 is 0 Å². The lowest BCUT2D eigenvalue weighted by atomic mass is 9.60. The Bertz CT molecular complexity index is 302. The van der Waals surface area contributed by atoms with Crippen LogP contribution in [0, 0.1) is 17.8 Å². The number of amides is 1. The number of aliphatic hydroxyl groups excluding tert-OH is 1. The topological polar surface area (TPSA) is 49.3 Å². The molecule has 0 unspecified atom stereocenters. The van der Waals surface area contributed by atoms with Crippen molar-refractivity contribution < 1.29 is 9.90 Å². The molecule has 3 saturated carbocycles. The van der Waals surface area contributed by atoms with Crippen LogP contribution in [-0.4, -0.2) is 17.1 Å². The van der Waals surface area contributed by atoms with E-state index in [-0.39, 0.29) is 17.9 Å². The maximum atomic E-state index is 11.3. The summed E-state index contributed by atoms with van der Waals surface area (Å²) < 4.78 is 0. The molecule has 2 atom stereocenters. The Morgan fingerprint density at radius 2 is 1.86 bits per heavy atom. The summed E-state index contributed by atoms with van der Waals surface area (Å²) in [5, 5.41) is 12.8. The third-order valence-corrected chi connectivity index (χ3v) is 4.15. The average molecular weight is 193 g/mol. The summed E-state index contributed by atoms with van der Waals surface area (Å²) in [5.41, 5.74) is 0. The van der Waals surface area contributed by atoms with Crippen LogP contribution in [0.2, 0.25) is 0 Å². The summed E-state index contributed by atoms with van der Waals surface area (Å²) >= 11 is 0. The van der Waals surface area contributed by atoms with E-state index in [1.165, 1.54) is 31.8 Å². The maximum absolute atomic E-state index is 11.3. The highest BCUT2D eigenvalue weighted by molar-refractivity contribution is 5.89. The first-order chi connectivity index (χ1) is 6.75. The molecule has 4 rings (SSSR count). The third-order valence-electron chi connectivity index (χ3n) is 4.15. The predicted octanol–water partition coefficient (Wildman–Crippen LogP) is 1.36. The number of rotatable bonds is 0. The molecule has 0 spiro atoms. The molecule has 0 radical (unpaired) electrons. The number of carbonyl (C=O) groups is 1. The minimum atomic E-state index is -0.115. The Balaban J connectivity index is 1.98. The summed E-state index contributed by atoms with van der Waals surface area (Å²) in [5.74, 6) is 1.64. The van der Waals surface area contributed by atoms with Crippen LogP contribution in [0.5, 0.6) is 0 Å². The standard InChI is InChI=1S/C11H15NO2/c13-8-5-9(14)12-11-7-3-1-6(2-4-7)10(8)11/h5-7,10-11,13H,1-4H2,(H,12,14)/t6?,7?,10-,11-/m0/s1. The van der Waals surface area contributed by atoms with Gasteiger partial charge in [0.25, 0.3) is 0 Å². The lowest BCUT2D eigenvalue weighted by Crippen LogP contribution is -2.56. The van der Waals surface area contributed by atoms with E-state index in [0.717, 1.165) is 0 Å². The Hall–Kier alpha value is -0.990. The zero-order valence-electron chi connectivity index (χ0n) is 8.07. The van der Waals surface area contributed by atoms with Gasteiger partial charge in [-0.15, -0.1) is 0 Å². The molecular weight excluding hydrogens is 178 g/mol. The lowest BCUT2D eigenvalue weighted by Gasteiger charge is -2.49. The van der Waals surface area contributed by atoms with E-state index in [0.29, 0.717) is 17.6 Å². The van der Waals surface area contributed by atoms with Crippen molar-refractivity contribution in [1.29, 1.82) is 0 Å². The van der Waals surface area contributed by atoms with E-state index < -0.39 is 0 Å². The smallest absolute Gasteiger partial charge is 0.247 e. The van der Waals surface area contributed by atoms with Gasteiger partial charge in [-0.05, 0) is 37.5 Å². The first-order valence-electron chi connectivity index (χ1n) is 5.47. The van der Waals surface area contributed by atoms with Gasteiger partial charge in [-0.3, -0.25) is 4.79 Å². The van der Waals surface area contributed by atoms with Gasteiger partial charge >= 0.3 is 0 Å². The quantitative estimate of drug-likeness (QED) is 0.610. The van der Waals surface area contributed by atoms with Gasteiger partial charge in [0, 0.05) is 18.0 Å². The highest BCUT2D eigenvalue weighted by Gasteiger charge is 2.47. The molecule has 76 valence electrons. The zero-order chi connectivity index (χ0) is 9.71. The number of hydrogen-bond donors (Lipinski definition) is 2. The van der Waals surface area contributed by atoms with E-state index in [1.807, 2.05) is 0 Å². The normalized spacial score (nSPS) is 45.4. The van der Waals surface area contributed by atoms with Gasteiger partial charge in [0.05, 0.1) is 0 Å². The SMILES string of the molecule is O=C1C=C(O)[C@@H]2C3CCC(CC3)[C@@H]2N1. The maximum Gasteiger partial charge on any atom is 0.247 e. The van der Waals surface area contributed by atoms with Crippen LogP contribution in [0.1, 0.15) is 25.7 Å². The highest BCUT2D eigenvalue weighted by atomic mass is 16.3. The molecule has 1 amide bonds. The fourth-order valence-electron chi connectivity index (χ4n) is 3.52. The third kappa shape index (κ3) is 1.01. The van der Waals surface area contributed by atoms with E-state index in [9.17, 15) is 9.90 Å². The van der Waals surface area contributed by atoms with Crippen LogP contribution in [0.4, 0.5) is 0 Å². The van der Waals surface area contributed by atoms with Crippen molar-refractivity contribution in [3.8, 4) is 0 Å². The Labute approximate surface area is 83.2 Å². The molecule has 1 heterocycles. The fourth-order valence-corrected chi connectivity index (χ4v) is 3.52. The van der Waals surface area contributed by atoms with E-state index in [4.69, 9.17) is 0 Å². The molecule has 4 aliphatic rings. The van der Waals surface area contributed by atoms with E-state index >= 15 is 0 Å². The first-order valence-corrected chi connectivity index (χ1v) is 5.47. The van der Waals surface area contributed by atoms with Crippen LogP contribution in [0.15, 0.2) is 11.8 Å². The van der Waals surface area contributed by atoms with Gasteiger partial charge in [-0.2, -0.15) is 0 Å². The summed E-state index contributed by atoms with van der Waals surface area (Å²) in [7, 11) is 0. The number of nitrogens with one attached hydrogen (secondary N) is 1. The summed E-state index contributed by atoms with van der Waals surface area (Å²) in [4.78, 5) is 11.3. The zero-order valence-corrected chi connectivity index (χ0v) is 8.07. The van der Waals surface area contributed by atoms with E-state index in [1.54, 1.807) is 0 Å². The minimum Gasteiger partial charge on any atom is -0.512 e. The van der Waals surface area contributed by atoms with Gasteiger partial charge in [0.15, 0.2) is 0 Å². The summed E-state index contributed by atoms with van der Waals surface area (Å²) in [6, 6.07) is 0.222. The second kappa shape index (κ2) is 2.75. The van der Waals surface area contributed by atoms with Gasteiger partial charge in [-0.1, -0.05) is 0 Å². The molecule has 0 saturated heterocycles. The molecule has 0 aromatic carbocycles. The molecule has 0 aromatic heterocycles. The largest absolute Gasteiger partial charge is 0.512 e. The molecule has 3 aliphatic carbocycles. The Morgan fingerprint density at radius 3 is 2.57 bits per heavy atom. The average Bonchev–Trinajstić information content (AvgIpc) is 2.18. The van der Waals surface area contributed by atoms with Crippen molar-refractivity contribution in [1.82, 2.24) is 5.32 Å². The predicted molar refractivity (Wildman–Crippen MR) is 51.6 cm³/mol. The van der Waals surface area contributed by atoms with Crippen molar-refractivity contribution in [3.63, 3.8) is 0 Å². The molecule has 3 fully saturated rings. The highest BCUT2D eigenvalue weighted by Crippen LogP contribution is 2.48. The van der Waals surface area contributed by atoms with E-state index in [2.05, 4.69) is 5.32 Å². The number of aliphatic hydroxyl groups is 1. The van der Waals surface area contributed by atoms with Crippen LogP contribution < -0.4 is 5.32 Å². The number of hydrogen-bond acceptors (Lipinski definition) is 2. The minimum absolute atomic E-state index is 0.115. The van der Waals surface area contributed by atoms with Gasteiger partial charge in [0.1, 0.15) is 5.76 Å². The molecule has 3 nitrogen and oxygen atoms in total. The molecule has 14 heavy (non-hydrogen) atoms. The summed E-state index contributed by atoms with van der Waals surface area (Å²) in [6.45, 7) is 0. The second-order valence-corrected chi connectivity index (χ2v) is 4.80. The van der Waals surface area contributed by atoms with Crippen LogP contribution in [0.3, 0.4) is 0 Å². The Morgan fingerprint density at radius 1 is 1.21 bits per heavy atom. The molecule has 2 N–H and O–H groups in total. The molecule has 1 aliphatic heterocycles.